The molecule has 0 aromatic carbocycles. The second kappa shape index (κ2) is 4.08. The summed E-state index contributed by atoms with van der Waals surface area (Å²) in [5.74, 6) is 0.302. The van der Waals surface area contributed by atoms with Gasteiger partial charge in [0.25, 0.3) is 5.56 Å². The lowest BCUT2D eigenvalue weighted by molar-refractivity contribution is 0.709. The zero-order valence-corrected chi connectivity index (χ0v) is 9.90. The van der Waals surface area contributed by atoms with Crippen molar-refractivity contribution in [2.75, 3.05) is 0 Å². The van der Waals surface area contributed by atoms with Gasteiger partial charge in [0.2, 0.25) is 0 Å². The van der Waals surface area contributed by atoms with Gasteiger partial charge in [-0.3, -0.25) is 9.78 Å². The lowest BCUT2D eigenvalue weighted by Crippen LogP contribution is -2.22. The Bertz CT molecular complexity index is 572. The molecule has 0 aliphatic heterocycles. The molecular formula is C13H16N2O. The van der Waals surface area contributed by atoms with Gasteiger partial charge >= 0.3 is 0 Å². The number of hydrogen-bond donors (Lipinski definition) is 0. The van der Waals surface area contributed by atoms with Crippen LogP contribution in [0.5, 0.6) is 0 Å². The molecule has 0 bridgehead atoms. The van der Waals surface area contributed by atoms with Crippen LogP contribution in [-0.4, -0.2) is 9.55 Å². The highest BCUT2D eigenvalue weighted by molar-refractivity contribution is 5.78. The van der Waals surface area contributed by atoms with E-state index in [4.69, 9.17) is 0 Å². The minimum absolute atomic E-state index is 0.0925. The van der Waals surface area contributed by atoms with Crippen molar-refractivity contribution in [3.8, 4) is 0 Å². The normalized spacial score (nSPS) is 12.9. The van der Waals surface area contributed by atoms with E-state index in [0.717, 1.165) is 22.9 Å². The summed E-state index contributed by atoms with van der Waals surface area (Å²) in [6.07, 6.45) is 4.47. The number of hydrogen-bond acceptors (Lipinski definition) is 2. The first kappa shape index (κ1) is 10.9. The molecule has 0 fully saturated rings. The molecule has 1 unspecified atom stereocenters. The van der Waals surface area contributed by atoms with E-state index < -0.39 is 0 Å². The SMILES string of the molecule is CCC(C)c1cc2ccncc2n(C)c1=O. The van der Waals surface area contributed by atoms with Crippen molar-refractivity contribution < 1.29 is 0 Å². The highest BCUT2D eigenvalue weighted by Crippen LogP contribution is 2.19. The van der Waals surface area contributed by atoms with E-state index in [1.54, 1.807) is 24.0 Å². The molecule has 0 spiro atoms. The Labute approximate surface area is 94.7 Å². The van der Waals surface area contributed by atoms with Crippen molar-refractivity contribution in [2.24, 2.45) is 7.05 Å². The van der Waals surface area contributed by atoms with Crippen LogP contribution in [0.1, 0.15) is 31.7 Å². The predicted molar refractivity (Wildman–Crippen MR) is 65.7 cm³/mol. The third-order valence-corrected chi connectivity index (χ3v) is 3.20. The van der Waals surface area contributed by atoms with E-state index >= 15 is 0 Å². The maximum absolute atomic E-state index is 12.1. The lowest BCUT2D eigenvalue weighted by Gasteiger charge is -2.12. The van der Waals surface area contributed by atoms with Crippen LogP contribution in [0.15, 0.2) is 29.3 Å². The Morgan fingerprint density at radius 2 is 2.25 bits per heavy atom. The summed E-state index contributed by atoms with van der Waals surface area (Å²) < 4.78 is 1.68. The summed E-state index contributed by atoms with van der Waals surface area (Å²) in [5, 5.41) is 1.08. The Kier molecular flexibility index (Phi) is 2.77. The fourth-order valence-corrected chi connectivity index (χ4v) is 1.90. The van der Waals surface area contributed by atoms with E-state index in [1.807, 2.05) is 12.1 Å². The molecule has 0 amide bonds. The Morgan fingerprint density at radius 3 is 2.94 bits per heavy atom. The van der Waals surface area contributed by atoms with Crippen LogP contribution in [0.25, 0.3) is 10.9 Å². The molecule has 2 aromatic heterocycles. The number of aryl methyl sites for hydroxylation is 1. The van der Waals surface area contributed by atoms with Crippen LogP contribution >= 0.6 is 0 Å². The molecule has 0 aliphatic carbocycles. The van der Waals surface area contributed by atoms with E-state index in [1.165, 1.54) is 0 Å². The largest absolute Gasteiger partial charge is 0.310 e. The smallest absolute Gasteiger partial charge is 0.254 e. The number of aromatic nitrogens is 2. The number of pyridine rings is 2. The zero-order chi connectivity index (χ0) is 11.7. The monoisotopic (exact) mass is 216 g/mol. The van der Waals surface area contributed by atoms with Crippen LogP contribution in [0.2, 0.25) is 0 Å². The molecule has 2 aromatic rings. The Balaban J connectivity index is 2.79. The zero-order valence-electron chi connectivity index (χ0n) is 9.90. The summed E-state index contributed by atoms with van der Waals surface area (Å²) in [6, 6.07) is 3.94. The molecule has 0 saturated carbocycles. The maximum atomic E-state index is 12.1. The van der Waals surface area contributed by atoms with Crippen molar-refractivity contribution in [1.82, 2.24) is 9.55 Å². The number of rotatable bonds is 2. The molecule has 84 valence electrons. The van der Waals surface area contributed by atoms with E-state index in [2.05, 4.69) is 18.8 Å². The molecule has 3 heteroatoms. The first-order valence-electron chi connectivity index (χ1n) is 5.58. The molecule has 0 aliphatic rings. The minimum Gasteiger partial charge on any atom is -0.310 e. The van der Waals surface area contributed by atoms with E-state index in [9.17, 15) is 4.79 Å². The topological polar surface area (TPSA) is 34.9 Å². The molecule has 2 heterocycles. The van der Waals surface area contributed by atoms with Crippen molar-refractivity contribution in [3.05, 3.63) is 40.4 Å². The lowest BCUT2D eigenvalue weighted by atomic mass is 9.99. The van der Waals surface area contributed by atoms with Gasteiger partial charge in [-0.1, -0.05) is 13.8 Å². The third kappa shape index (κ3) is 1.62. The minimum atomic E-state index is 0.0925. The van der Waals surface area contributed by atoms with Gasteiger partial charge in [0, 0.05) is 24.2 Å². The number of fused-ring (bicyclic) bond motifs is 1. The van der Waals surface area contributed by atoms with E-state index in [-0.39, 0.29) is 5.56 Å². The standard InChI is InChI=1S/C13H16N2O/c1-4-9(2)11-7-10-5-6-14-8-12(10)15(3)13(11)16/h5-9H,4H2,1-3H3. The van der Waals surface area contributed by atoms with Crippen LogP contribution in [0.3, 0.4) is 0 Å². The van der Waals surface area contributed by atoms with Crippen LogP contribution in [-0.2, 0) is 7.05 Å². The van der Waals surface area contributed by atoms with Gasteiger partial charge in [-0.05, 0) is 24.5 Å². The average molecular weight is 216 g/mol. The van der Waals surface area contributed by atoms with Crippen molar-refractivity contribution in [2.45, 2.75) is 26.2 Å². The average Bonchev–Trinajstić information content (AvgIpc) is 2.33. The van der Waals surface area contributed by atoms with Gasteiger partial charge in [0.15, 0.2) is 0 Å². The van der Waals surface area contributed by atoms with Crippen molar-refractivity contribution >= 4 is 10.9 Å². The van der Waals surface area contributed by atoms with Crippen LogP contribution in [0.4, 0.5) is 0 Å². The summed E-state index contributed by atoms with van der Waals surface area (Å²) in [7, 11) is 1.80. The highest BCUT2D eigenvalue weighted by Gasteiger charge is 2.11. The fraction of sp³-hybridized carbons (Fsp3) is 0.385. The first-order valence-corrected chi connectivity index (χ1v) is 5.58. The van der Waals surface area contributed by atoms with Gasteiger partial charge in [-0.25, -0.2) is 0 Å². The van der Waals surface area contributed by atoms with Crippen molar-refractivity contribution in [3.63, 3.8) is 0 Å². The molecule has 0 N–H and O–H groups in total. The summed E-state index contributed by atoms with van der Waals surface area (Å²) in [4.78, 5) is 16.2. The van der Waals surface area contributed by atoms with Gasteiger partial charge in [0.1, 0.15) is 0 Å². The summed E-state index contributed by atoms with van der Waals surface area (Å²) >= 11 is 0. The van der Waals surface area contributed by atoms with Crippen LogP contribution < -0.4 is 5.56 Å². The number of nitrogens with zero attached hydrogens (tertiary/aromatic N) is 2. The Hall–Kier alpha value is -1.64. The third-order valence-electron chi connectivity index (χ3n) is 3.20. The van der Waals surface area contributed by atoms with Gasteiger partial charge < -0.3 is 4.57 Å². The predicted octanol–water partition coefficient (Wildman–Crippen LogP) is 2.45. The quantitative estimate of drug-likeness (QED) is 0.772. The Morgan fingerprint density at radius 1 is 1.50 bits per heavy atom. The molecule has 3 nitrogen and oxygen atoms in total. The van der Waals surface area contributed by atoms with Crippen molar-refractivity contribution in [1.29, 1.82) is 0 Å². The van der Waals surface area contributed by atoms with Gasteiger partial charge in [-0.2, -0.15) is 0 Å². The maximum Gasteiger partial charge on any atom is 0.254 e. The fourth-order valence-electron chi connectivity index (χ4n) is 1.90. The molecule has 1 atom stereocenters. The second-order valence-corrected chi connectivity index (χ2v) is 4.21. The van der Waals surface area contributed by atoms with E-state index in [0.29, 0.717) is 5.92 Å². The molecule has 16 heavy (non-hydrogen) atoms. The second-order valence-electron chi connectivity index (χ2n) is 4.21. The molecule has 2 rings (SSSR count). The highest BCUT2D eigenvalue weighted by atomic mass is 16.1. The molecule has 0 saturated heterocycles. The van der Waals surface area contributed by atoms with Crippen LogP contribution in [0, 0.1) is 0 Å². The van der Waals surface area contributed by atoms with Gasteiger partial charge in [-0.15, -0.1) is 0 Å². The summed E-state index contributed by atoms with van der Waals surface area (Å²) in [6.45, 7) is 4.19. The molecular weight excluding hydrogens is 200 g/mol. The first-order chi connectivity index (χ1) is 7.65. The van der Waals surface area contributed by atoms with Gasteiger partial charge in [0.05, 0.1) is 11.7 Å². The summed E-state index contributed by atoms with van der Waals surface area (Å²) in [5.41, 5.74) is 1.87. The molecule has 0 radical (unpaired) electrons.